The molecule has 0 bridgehead atoms. The van der Waals surface area contributed by atoms with E-state index in [1.54, 1.807) is 27.7 Å². The van der Waals surface area contributed by atoms with E-state index in [0.717, 1.165) is 11.4 Å². The minimum atomic E-state index is 0.584. The quantitative estimate of drug-likeness (QED) is 0.832. The molecular formula is C13H16N2O3. The lowest BCUT2D eigenvalue weighted by Gasteiger charge is -2.14. The zero-order chi connectivity index (χ0) is 13.1. The van der Waals surface area contributed by atoms with Crippen molar-refractivity contribution in [3.05, 3.63) is 30.4 Å². The molecule has 0 N–H and O–H groups in total. The van der Waals surface area contributed by atoms with Gasteiger partial charge in [-0.25, -0.2) is 4.98 Å². The fourth-order valence-electron chi connectivity index (χ4n) is 1.78. The van der Waals surface area contributed by atoms with Crippen LogP contribution in [0.25, 0.3) is 5.69 Å². The van der Waals surface area contributed by atoms with Crippen molar-refractivity contribution in [2.24, 2.45) is 0 Å². The normalized spacial score (nSPS) is 10.2. The van der Waals surface area contributed by atoms with Crippen molar-refractivity contribution in [2.45, 2.75) is 6.92 Å². The van der Waals surface area contributed by atoms with E-state index in [2.05, 4.69) is 4.98 Å². The van der Waals surface area contributed by atoms with Crippen LogP contribution in [0.5, 0.6) is 17.2 Å². The lowest BCUT2D eigenvalue weighted by atomic mass is 10.2. The van der Waals surface area contributed by atoms with Gasteiger partial charge in [0.25, 0.3) is 0 Å². The van der Waals surface area contributed by atoms with Gasteiger partial charge in [0.05, 0.1) is 39.0 Å². The molecule has 0 aliphatic rings. The van der Waals surface area contributed by atoms with Crippen molar-refractivity contribution < 1.29 is 14.2 Å². The summed E-state index contributed by atoms with van der Waals surface area (Å²) in [5.41, 5.74) is 1.86. The van der Waals surface area contributed by atoms with Crippen molar-refractivity contribution in [3.8, 4) is 22.9 Å². The number of hydrogen-bond acceptors (Lipinski definition) is 4. The molecule has 0 aliphatic heterocycles. The summed E-state index contributed by atoms with van der Waals surface area (Å²) in [5, 5.41) is 0. The van der Waals surface area contributed by atoms with Crippen LogP contribution in [0.4, 0.5) is 0 Å². The van der Waals surface area contributed by atoms with Crippen LogP contribution >= 0.6 is 0 Å². The Bertz CT molecular complexity index is 524. The van der Waals surface area contributed by atoms with E-state index in [0.29, 0.717) is 17.2 Å². The predicted molar refractivity (Wildman–Crippen MR) is 68.0 cm³/mol. The SMILES string of the molecule is COc1cc(-n2cnc(C)c2)cc(OC)c1OC. The van der Waals surface area contributed by atoms with Gasteiger partial charge in [-0.2, -0.15) is 0 Å². The lowest BCUT2D eigenvalue weighted by Crippen LogP contribution is -1.98. The van der Waals surface area contributed by atoms with Gasteiger partial charge in [0.1, 0.15) is 0 Å². The molecule has 0 amide bonds. The smallest absolute Gasteiger partial charge is 0.203 e. The molecule has 1 aromatic carbocycles. The van der Waals surface area contributed by atoms with E-state index in [1.165, 1.54) is 0 Å². The molecule has 5 heteroatoms. The molecule has 0 spiro atoms. The molecule has 2 aromatic rings. The lowest BCUT2D eigenvalue weighted by molar-refractivity contribution is 0.324. The van der Waals surface area contributed by atoms with E-state index in [1.807, 2.05) is 29.8 Å². The number of methoxy groups -OCH3 is 3. The summed E-state index contributed by atoms with van der Waals surface area (Å²) in [7, 11) is 4.78. The van der Waals surface area contributed by atoms with Crippen molar-refractivity contribution >= 4 is 0 Å². The zero-order valence-corrected chi connectivity index (χ0v) is 10.9. The Hall–Kier alpha value is -2.17. The Labute approximate surface area is 106 Å². The largest absolute Gasteiger partial charge is 0.493 e. The maximum Gasteiger partial charge on any atom is 0.203 e. The summed E-state index contributed by atoms with van der Waals surface area (Å²) >= 11 is 0. The Balaban J connectivity index is 2.56. The van der Waals surface area contributed by atoms with Crippen molar-refractivity contribution in [1.82, 2.24) is 9.55 Å². The van der Waals surface area contributed by atoms with Crippen LogP contribution in [0.15, 0.2) is 24.7 Å². The number of hydrogen-bond donors (Lipinski definition) is 0. The first-order chi connectivity index (χ1) is 8.69. The molecule has 0 unspecified atom stereocenters. The van der Waals surface area contributed by atoms with Crippen LogP contribution < -0.4 is 14.2 Å². The number of ether oxygens (including phenoxy) is 3. The third-order valence-electron chi connectivity index (χ3n) is 2.66. The number of nitrogens with zero attached hydrogens (tertiary/aromatic N) is 2. The molecule has 5 nitrogen and oxygen atoms in total. The maximum atomic E-state index is 5.31. The van der Waals surface area contributed by atoms with E-state index in [9.17, 15) is 0 Å². The highest BCUT2D eigenvalue weighted by atomic mass is 16.5. The summed E-state index contributed by atoms with van der Waals surface area (Å²) in [5.74, 6) is 1.83. The van der Waals surface area contributed by atoms with Gasteiger partial charge in [-0.1, -0.05) is 0 Å². The third-order valence-corrected chi connectivity index (χ3v) is 2.66. The molecular weight excluding hydrogens is 232 g/mol. The Kier molecular flexibility index (Phi) is 3.41. The maximum absolute atomic E-state index is 5.31. The van der Waals surface area contributed by atoms with E-state index < -0.39 is 0 Å². The van der Waals surface area contributed by atoms with E-state index in [4.69, 9.17) is 14.2 Å². The van der Waals surface area contributed by atoms with Crippen LogP contribution in [0.3, 0.4) is 0 Å². The first-order valence-corrected chi connectivity index (χ1v) is 5.50. The summed E-state index contributed by atoms with van der Waals surface area (Å²) in [6, 6.07) is 3.75. The van der Waals surface area contributed by atoms with Crippen molar-refractivity contribution in [3.63, 3.8) is 0 Å². The van der Waals surface area contributed by atoms with Crippen molar-refractivity contribution in [2.75, 3.05) is 21.3 Å². The van der Waals surface area contributed by atoms with Gasteiger partial charge in [-0.3, -0.25) is 0 Å². The molecule has 2 rings (SSSR count). The Morgan fingerprint density at radius 2 is 1.61 bits per heavy atom. The van der Waals surface area contributed by atoms with Crippen LogP contribution in [-0.2, 0) is 0 Å². The number of imidazole rings is 1. The highest BCUT2D eigenvalue weighted by Gasteiger charge is 2.13. The van der Waals surface area contributed by atoms with Gasteiger partial charge < -0.3 is 18.8 Å². The molecule has 0 radical (unpaired) electrons. The zero-order valence-electron chi connectivity index (χ0n) is 10.9. The molecule has 1 aromatic heterocycles. The standard InChI is InChI=1S/C13H16N2O3/c1-9-7-15(8-14-9)10-5-11(16-2)13(18-4)12(6-10)17-3/h5-8H,1-4H3. The van der Waals surface area contributed by atoms with E-state index >= 15 is 0 Å². The number of benzene rings is 1. The van der Waals surface area contributed by atoms with Crippen LogP contribution in [0, 0.1) is 6.92 Å². The average Bonchev–Trinajstić information content (AvgIpc) is 2.83. The molecule has 0 saturated carbocycles. The summed E-state index contributed by atoms with van der Waals surface area (Å²) < 4.78 is 17.8. The first kappa shape index (κ1) is 12.3. The second kappa shape index (κ2) is 5.00. The monoisotopic (exact) mass is 248 g/mol. The minimum absolute atomic E-state index is 0.584. The number of rotatable bonds is 4. The van der Waals surface area contributed by atoms with Crippen LogP contribution in [-0.4, -0.2) is 30.9 Å². The number of aromatic nitrogens is 2. The van der Waals surface area contributed by atoms with E-state index in [-0.39, 0.29) is 0 Å². The fraction of sp³-hybridized carbons (Fsp3) is 0.308. The summed E-state index contributed by atoms with van der Waals surface area (Å²) in [6.45, 7) is 1.94. The molecule has 18 heavy (non-hydrogen) atoms. The number of aryl methyl sites for hydroxylation is 1. The molecule has 96 valence electrons. The predicted octanol–water partition coefficient (Wildman–Crippen LogP) is 2.21. The van der Waals surface area contributed by atoms with Crippen LogP contribution in [0.2, 0.25) is 0 Å². The van der Waals surface area contributed by atoms with Gasteiger partial charge in [0.2, 0.25) is 5.75 Å². The second-order valence-corrected chi connectivity index (χ2v) is 3.81. The Morgan fingerprint density at radius 3 is 2.00 bits per heavy atom. The fourth-order valence-corrected chi connectivity index (χ4v) is 1.78. The first-order valence-electron chi connectivity index (χ1n) is 5.50. The minimum Gasteiger partial charge on any atom is -0.493 e. The topological polar surface area (TPSA) is 45.5 Å². The van der Waals surface area contributed by atoms with Gasteiger partial charge in [-0.15, -0.1) is 0 Å². The average molecular weight is 248 g/mol. The highest BCUT2D eigenvalue weighted by molar-refractivity contribution is 5.58. The Morgan fingerprint density at radius 1 is 1.00 bits per heavy atom. The highest BCUT2D eigenvalue weighted by Crippen LogP contribution is 2.39. The third kappa shape index (κ3) is 2.11. The van der Waals surface area contributed by atoms with Gasteiger partial charge in [0, 0.05) is 18.3 Å². The van der Waals surface area contributed by atoms with Gasteiger partial charge in [-0.05, 0) is 6.92 Å². The second-order valence-electron chi connectivity index (χ2n) is 3.81. The van der Waals surface area contributed by atoms with Crippen molar-refractivity contribution in [1.29, 1.82) is 0 Å². The van der Waals surface area contributed by atoms with Crippen LogP contribution in [0.1, 0.15) is 5.69 Å². The molecule has 0 saturated heterocycles. The van der Waals surface area contributed by atoms with Gasteiger partial charge in [0.15, 0.2) is 11.5 Å². The molecule has 1 heterocycles. The summed E-state index contributed by atoms with van der Waals surface area (Å²) in [4.78, 5) is 4.20. The molecule has 0 aliphatic carbocycles. The summed E-state index contributed by atoms with van der Waals surface area (Å²) in [6.07, 6.45) is 3.68. The van der Waals surface area contributed by atoms with Gasteiger partial charge >= 0.3 is 0 Å². The molecule has 0 atom stereocenters. The molecule has 0 fully saturated rings.